The molecule has 0 aliphatic rings. The van der Waals surface area contributed by atoms with E-state index in [1.54, 1.807) is 12.4 Å². The first-order chi connectivity index (χ1) is 13.6. The van der Waals surface area contributed by atoms with E-state index in [1.165, 1.54) is 0 Å². The highest BCUT2D eigenvalue weighted by atomic mass is 16.2. The molecule has 2 rings (SSSR count). The van der Waals surface area contributed by atoms with Gasteiger partial charge in [-0.05, 0) is 48.2 Å². The first-order valence-corrected chi connectivity index (χ1v) is 9.92. The second-order valence-corrected chi connectivity index (χ2v) is 6.83. The molecule has 2 aromatic rings. The van der Waals surface area contributed by atoms with Crippen molar-refractivity contribution in [3.05, 3.63) is 59.9 Å². The number of nitrogens with zero attached hydrogens (tertiary/aromatic N) is 1. The van der Waals surface area contributed by atoms with Crippen LogP contribution < -0.4 is 16.0 Å². The van der Waals surface area contributed by atoms with Gasteiger partial charge in [0.25, 0.3) is 0 Å². The van der Waals surface area contributed by atoms with Gasteiger partial charge in [0, 0.05) is 37.1 Å². The van der Waals surface area contributed by atoms with E-state index in [1.807, 2.05) is 36.4 Å². The Bertz CT molecular complexity index is 749. The minimum atomic E-state index is -0.274. The molecule has 6 nitrogen and oxygen atoms in total. The van der Waals surface area contributed by atoms with Crippen LogP contribution >= 0.6 is 0 Å². The van der Waals surface area contributed by atoms with Gasteiger partial charge in [0.15, 0.2) is 0 Å². The number of hydrogen-bond donors (Lipinski definition) is 3. The van der Waals surface area contributed by atoms with E-state index < -0.39 is 0 Å². The highest BCUT2D eigenvalue weighted by Crippen LogP contribution is 2.14. The number of aromatic nitrogens is 1. The molecular formula is C22H30N4O2. The molecule has 0 spiro atoms. The summed E-state index contributed by atoms with van der Waals surface area (Å²) in [6, 6.07) is 10.9. The smallest absolute Gasteiger partial charge is 0.319 e. The normalized spacial score (nSPS) is 11.5. The van der Waals surface area contributed by atoms with E-state index in [9.17, 15) is 9.59 Å². The Kier molecular flexibility index (Phi) is 8.98. The van der Waals surface area contributed by atoms with Crippen molar-refractivity contribution in [3.8, 4) is 0 Å². The summed E-state index contributed by atoms with van der Waals surface area (Å²) in [5.41, 5.74) is 2.62. The molecule has 1 aromatic heterocycles. The number of pyridine rings is 1. The van der Waals surface area contributed by atoms with E-state index in [0.717, 1.165) is 36.8 Å². The SMILES string of the molecule is CCCCC(CC)C(=O)NCc1cccc(NC(=O)NCc2ccncc2)c1. The van der Waals surface area contributed by atoms with Crippen LogP contribution in [-0.4, -0.2) is 16.9 Å². The van der Waals surface area contributed by atoms with Gasteiger partial charge in [-0.1, -0.05) is 38.8 Å². The number of unbranched alkanes of at least 4 members (excludes halogenated alkanes) is 1. The maximum absolute atomic E-state index is 12.3. The number of hydrogen-bond acceptors (Lipinski definition) is 3. The monoisotopic (exact) mass is 382 g/mol. The van der Waals surface area contributed by atoms with Crippen molar-refractivity contribution in [1.29, 1.82) is 0 Å². The minimum Gasteiger partial charge on any atom is -0.352 e. The summed E-state index contributed by atoms with van der Waals surface area (Å²) in [5.74, 6) is 0.171. The largest absolute Gasteiger partial charge is 0.352 e. The third-order valence-corrected chi connectivity index (χ3v) is 4.62. The Morgan fingerprint density at radius 3 is 2.46 bits per heavy atom. The molecule has 1 aromatic carbocycles. The summed E-state index contributed by atoms with van der Waals surface area (Å²) >= 11 is 0. The minimum absolute atomic E-state index is 0.0696. The van der Waals surface area contributed by atoms with Crippen molar-refractivity contribution < 1.29 is 9.59 Å². The van der Waals surface area contributed by atoms with E-state index in [0.29, 0.717) is 18.8 Å². The van der Waals surface area contributed by atoms with Crippen molar-refractivity contribution in [3.63, 3.8) is 0 Å². The zero-order chi connectivity index (χ0) is 20.2. The number of anilines is 1. The summed E-state index contributed by atoms with van der Waals surface area (Å²) in [6.45, 7) is 5.07. The zero-order valence-corrected chi connectivity index (χ0v) is 16.7. The fraction of sp³-hybridized carbons (Fsp3) is 0.409. The van der Waals surface area contributed by atoms with Crippen LogP contribution in [0.25, 0.3) is 0 Å². The number of rotatable bonds is 10. The summed E-state index contributed by atoms with van der Waals surface area (Å²) in [4.78, 5) is 28.4. The summed E-state index contributed by atoms with van der Waals surface area (Å²) in [6.07, 6.45) is 7.33. The molecule has 150 valence electrons. The summed E-state index contributed by atoms with van der Waals surface area (Å²) in [7, 11) is 0. The van der Waals surface area contributed by atoms with Gasteiger partial charge in [-0.3, -0.25) is 9.78 Å². The van der Waals surface area contributed by atoms with Gasteiger partial charge in [-0.25, -0.2) is 4.79 Å². The van der Waals surface area contributed by atoms with Gasteiger partial charge in [-0.15, -0.1) is 0 Å². The Hall–Kier alpha value is -2.89. The average molecular weight is 383 g/mol. The van der Waals surface area contributed by atoms with Gasteiger partial charge < -0.3 is 16.0 Å². The summed E-state index contributed by atoms with van der Waals surface area (Å²) < 4.78 is 0. The average Bonchev–Trinajstić information content (AvgIpc) is 2.72. The lowest BCUT2D eigenvalue weighted by Gasteiger charge is -2.15. The molecule has 0 bridgehead atoms. The lowest BCUT2D eigenvalue weighted by Crippen LogP contribution is -2.30. The van der Waals surface area contributed by atoms with E-state index >= 15 is 0 Å². The Labute approximate surface area is 167 Å². The van der Waals surface area contributed by atoms with Crippen LogP contribution in [0, 0.1) is 5.92 Å². The predicted molar refractivity (Wildman–Crippen MR) is 112 cm³/mol. The standard InChI is InChI=1S/C22H30N4O2/c1-3-5-8-19(4-2)21(27)24-16-18-7-6-9-20(14-18)26-22(28)25-15-17-10-12-23-13-11-17/h6-7,9-14,19H,3-5,8,15-16H2,1-2H3,(H,24,27)(H2,25,26,28). The first-order valence-electron chi connectivity index (χ1n) is 9.92. The molecule has 3 amide bonds. The third kappa shape index (κ3) is 7.39. The molecule has 28 heavy (non-hydrogen) atoms. The fourth-order valence-corrected chi connectivity index (χ4v) is 2.92. The van der Waals surface area contributed by atoms with Gasteiger partial charge >= 0.3 is 6.03 Å². The van der Waals surface area contributed by atoms with Gasteiger partial charge in [0.05, 0.1) is 0 Å². The van der Waals surface area contributed by atoms with Crippen LogP contribution in [0.3, 0.4) is 0 Å². The number of amides is 3. The molecule has 0 saturated heterocycles. The van der Waals surface area contributed by atoms with Crippen molar-refractivity contribution >= 4 is 17.6 Å². The molecular weight excluding hydrogens is 352 g/mol. The maximum atomic E-state index is 12.3. The molecule has 0 saturated carbocycles. The lowest BCUT2D eigenvalue weighted by molar-refractivity contribution is -0.125. The van der Waals surface area contributed by atoms with E-state index in [-0.39, 0.29) is 17.9 Å². The number of carbonyl (C=O) groups is 2. The molecule has 1 atom stereocenters. The topological polar surface area (TPSA) is 83.1 Å². The van der Waals surface area contributed by atoms with E-state index in [4.69, 9.17) is 0 Å². The molecule has 0 radical (unpaired) electrons. The fourth-order valence-electron chi connectivity index (χ4n) is 2.92. The van der Waals surface area contributed by atoms with Crippen molar-refractivity contribution in [1.82, 2.24) is 15.6 Å². The number of urea groups is 1. The zero-order valence-electron chi connectivity index (χ0n) is 16.7. The lowest BCUT2D eigenvalue weighted by atomic mass is 9.98. The van der Waals surface area contributed by atoms with Crippen molar-refractivity contribution in [2.24, 2.45) is 5.92 Å². The van der Waals surface area contributed by atoms with Crippen LogP contribution in [0.5, 0.6) is 0 Å². The summed E-state index contributed by atoms with van der Waals surface area (Å²) in [5, 5.41) is 8.65. The molecule has 6 heteroatoms. The van der Waals surface area contributed by atoms with Crippen LogP contribution in [0.15, 0.2) is 48.8 Å². The van der Waals surface area contributed by atoms with Gasteiger partial charge in [0.1, 0.15) is 0 Å². The Morgan fingerprint density at radius 1 is 1.00 bits per heavy atom. The number of benzene rings is 1. The molecule has 0 aliphatic carbocycles. The Morgan fingerprint density at radius 2 is 1.75 bits per heavy atom. The quantitative estimate of drug-likeness (QED) is 0.575. The first kappa shape index (κ1) is 21.4. The van der Waals surface area contributed by atoms with Crippen LogP contribution in [0.1, 0.15) is 50.7 Å². The molecule has 1 heterocycles. The highest BCUT2D eigenvalue weighted by molar-refractivity contribution is 5.89. The van der Waals surface area contributed by atoms with Gasteiger partial charge in [0.2, 0.25) is 5.91 Å². The second-order valence-electron chi connectivity index (χ2n) is 6.83. The molecule has 0 aliphatic heterocycles. The molecule has 3 N–H and O–H groups in total. The van der Waals surface area contributed by atoms with Crippen LogP contribution in [0.4, 0.5) is 10.5 Å². The van der Waals surface area contributed by atoms with Crippen LogP contribution in [-0.2, 0) is 17.9 Å². The van der Waals surface area contributed by atoms with E-state index in [2.05, 4.69) is 34.8 Å². The molecule has 0 fully saturated rings. The van der Waals surface area contributed by atoms with Crippen LogP contribution in [0.2, 0.25) is 0 Å². The van der Waals surface area contributed by atoms with Gasteiger partial charge in [-0.2, -0.15) is 0 Å². The second kappa shape index (κ2) is 11.7. The predicted octanol–water partition coefficient (Wildman–Crippen LogP) is 4.24. The third-order valence-electron chi connectivity index (χ3n) is 4.62. The van der Waals surface area contributed by atoms with Crippen molar-refractivity contribution in [2.75, 3.05) is 5.32 Å². The number of carbonyl (C=O) groups excluding carboxylic acids is 2. The Balaban J connectivity index is 1.82. The highest BCUT2D eigenvalue weighted by Gasteiger charge is 2.15. The molecule has 1 unspecified atom stereocenters. The van der Waals surface area contributed by atoms with Crippen molar-refractivity contribution in [2.45, 2.75) is 52.6 Å². The number of nitrogens with one attached hydrogen (secondary N) is 3. The maximum Gasteiger partial charge on any atom is 0.319 e.